The van der Waals surface area contributed by atoms with Crippen molar-refractivity contribution < 1.29 is 9.53 Å². The molecule has 1 aromatic carbocycles. The number of benzene rings is 1. The zero-order valence-corrected chi connectivity index (χ0v) is 17.7. The van der Waals surface area contributed by atoms with Crippen LogP contribution in [0.2, 0.25) is 0 Å². The number of hydrogen-bond acceptors (Lipinski definition) is 4. The van der Waals surface area contributed by atoms with E-state index in [2.05, 4.69) is 10.3 Å². The lowest BCUT2D eigenvalue weighted by Crippen LogP contribution is -2.36. The summed E-state index contributed by atoms with van der Waals surface area (Å²) in [6.45, 7) is 3.01. The van der Waals surface area contributed by atoms with Gasteiger partial charge in [-0.1, -0.05) is 24.6 Å². The fraction of sp³-hybridized carbons (Fsp3) is 0.429. The molecule has 3 atom stereocenters. The molecule has 1 amide bonds. The average molecular weight is 426 g/mol. The van der Waals surface area contributed by atoms with Gasteiger partial charge in [0, 0.05) is 12.1 Å². The van der Waals surface area contributed by atoms with Gasteiger partial charge in [0.15, 0.2) is 0 Å². The van der Waals surface area contributed by atoms with Crippen molar-refractivity contribution in [2.24, 2.45) is 17.6 Å². The van der Waals surface area contributed by atoms with Gasteiger partial charge < -0.3 is 15.8 Å². The van der Waals surface area contributed by atoms with E-state index in [1.165, 1.54) is 0 Å². The highest BCUT2D eigenvalue weighted by atomic mass is 35.5. The fourth-order valence-corrected chi connectivity index (χ4v) is 3.58. The van der Waals surface area contributed by atoms with Crippen LogP contribution in [0.15, 0.2) is 48.7 Å². The van der Waals surface area contributed by atoms with Crippen LogP contribution in [0.5, 0.6) is 5.75 Å². The van der Waals surface area contributed by atoms with Gasteiger partial charge in [-0.3, -0.25) is 9.78 Å². The first-order valence-electron chi connectivity index (χ1n) is 9.30. The molecule has 1 unspecified atom stereocenters. The van der Waals surface area contributed by atoms with E-state index in [-0.39, 0.29) is 42.7 Å². The van der Waals surface area contributed by atoms with Gasteiger partial charge >= 0.3 is 0 Å². The molecule has 1 heterocycles. The quantitative estimate of drug-likeness (QED) is 0.700. The molecule has 2 aromatic rings. The SMILES string of the molecule is CC(NC(=O)[C@@H]1CCC[C@@H]1CN)c1cccc(OCc2ccccn2)c1.Cl.Cl. The molecule has 28 heavy (non-hydrogen) atoms. The molecule has 0 aliphatic heterocycles. The number of halogens is 2. The first-order valence-corrected chi connectivity index (χ1v) is 9.30. The molecule has 3 rings (SSSR count). The van der Waals surface area contributed by atoms with E-state index in [0.29, 0.717) is 19.1 Å². The Labute approximate surface area is 179 Å². The average Bonchev–Trinajstić information content (AvgIpc) is 3.16. The highest BCUT2D eigenvalue weighted by Crippen LogP contribution is 2.31. The Kier molecular flexibility index (Phi) is 10.3. The summed E-state index contributed by atoms with van der Waals surface area (Å²) in [6.07, 6.45) is 4.84. The molecule has 1 aliphatic rings. The van der Waals surface area contributed by atoms with Crippen molar-refractivity contribution >= 4 is 30.7 Å². The van der Waals surface area contributed by atoms with E-state index in [4.69, 9.17) is 10.5 Å². The van der Waals surface area contributed by atoms with Crippen LogP contribution in [0.3, 0.4) is 0 Å². The summed E-state index contributed by atoms with van der Waals surface area (Å²) in [5.74, 6) is 1.25. The second-order valence-electron chi connectivity index (χ2n) is 6.95. The largest absolute Gasteiger partial charge is 0.487 e. The summed E-state index contributed by atoms with van der Waals surface area (Å²) in [5.41, 5.74) is 7.71. The Hall–Kier alpha value is -1.82. The summed E-state index contributed by atoms with van der Waals surface area (Å²) in [6, 6.07) is 13.5. The van der Waals surface area contributed by atoms with E-state index in [9.17, 15) is 4.79 Å². The van der Waals surface area contributed by atoms with Gasteiger partial charge in [0.1, 0.15) is 12.4 Å². The Bertz CT molecular complexity index is 731. The normalized spacial score (nSPS) is 19.1. The van der Waals surface area contributed by atoms with Gasteiger partial charge in [-0.25, -0.2) is 0 Å². The van der Waals surface area contributed by atoms with Crippen molar-refractivity contribution in [1.82, 2.24) is 10.3 Å². The van der Waals surface area contributed by atoms with Crippen molar-refractivity contribution in [1.29, 1.82) is 0 Å². The summed E-state index contributed by atoms with van der Waals surface area (Å²) in [4.78, 5) is 16.8. The van der Waals surface area contributed by atoms with Gasteiger partial charge in [0.2, 0.25) is 5.91 Å². The van der Waals surface area contributed by atoms with Crippen LogP contribution in [-0.2, 0) is 11.4 Å². The molecule has 1 aromatic heterocycles. The smallest absolute Gasteiger partial charge is 0.223 e. The third-order valence-electron chi connectivity index (χ3n) is 5.13. The molecule has 0 radical (unpaired) electrons. The molecule has 154 valence electrons. The van der Waals surface area contributed by atoms with E-state index >= 15 is 0 Å². The Morgan fingerprint density at radius 2 is 2.07 bits per heavy atom. The third-order valence-corrected chi connectivity index (χ3v) is 5.13. The number of nitrogens with one attached hydrogen (secondary N) is 1. The maximum absolute atomic E-state index is 12.6. The monoisotopic (exact) mass is 425 g/mol. The molecular weight excluding hydrogens is 397 g/mol. The molecule has 3 N–H and O–H groups in total. The minimum Gasteiger partial charge on any atom is -0.487 e. The highest BCUT2D eigenvalue weighted by Gasteiger charge is 2.32. The minimum absolute atomic E-state index is 0. The predicted octanol–water partition coefficient (Wildman–Crippen LogP) is 4.06. The molecule has 5 nitrogen and oxygen atoms in total. The van der Waals surface area contributed by atoms with Crippen LogP contribution in [0.4, 0.5) is 0 Å². The lowest BCUT2D eigenvalue weighted by molar-refractivity contribution is -0.126. The van der Waals surface area contributed by atoms with Gasteiger partial charge in [0.25, 0.3) is 0 Å². The summed E-state index contributed by atoms with van der Waals surface area (Å²) in [7, 11) is 0. The first-order chi connectivity index (χ1) is 12.7. The number of aromatic nitrogens is 1. The Morgan fingerprint density at radius 1 is 1.25 bits per heavy atom. The molecular formula is C21H29Cl2N3O2. The number of rotatable bonds is 7. The maximum Gasteiger partial charge on any atom is 0.223 e. The Balaban J connectivity index is 0.00000196. The molecule has 0 spiro atoms. The standard InChI is InChI=1S/C21H27N3O2.2ClH/c1-15(24-21(25)20-10-5-7-17(20)13-22)16-6-4-9-19(12-16)26-14-18-8-2-3-11-23-18;;/h2-4,6,8-9,11-12,15,17,20H,5,7,10,13-14,22H2,1H3,(H,24,25);2*1H/t15?,17-,20-;;/m1../s1. The van der Waals surface area contributed by atoms with Gasteiger partial charge in [0.05, 0.1) is 11.7 Å². The molecule has 1 saturated carbocycles. The molecule has 7 heteroatoms. The number of hydrogen-bond donors (Lipinski definition) is 2. The van der Waals surface area contributed by atoms with Crippen molar-refractivity contribution in [2.75, 3.05) is 6.54 Å². The van der Waals surface area contributed by atoms with E-state index in [0.717, 1.165) is 36.3 Å². The number of ether oxygens (including phenoxy) is 1. The zero-order valence-electron chi connectivity index (χ0n) is 16.0. The second kappa shape index (κ2) is 11.9. The Morgan fingerprint density at radius 3 is 2.79 bits per heavy atom. The van der Waals surface area contributed by atoms with Crippen LogP contribution in [0.25, 0.3) is 0 Å². The number of carbonyl (C=O) groups excluding carboxylic acids is 1. The molecule has 0 bridgehead atoms. The van der Waals surface area contributed by atoms with Crippen LogP contribution < -0.4 is 15.8 Å². The fourth-order valence-electron chi connectivity index (χ4n) is 3.58. The summed E-state index contributed by atoms with van der Waals surface area (Å²) in [5, 5.41) is 3.14. The maximum atomic E-state index is 12.6. The number of carbonyl (C=O) groups is 1. The van der Waals surface area contributed by atoms with Crippen molar-refractivity contribution in [3.63, 3.8) is 0 Å². The van der Waals surface area contributed by atoms with Gasteiger partial charge in [-0.15, -0.1) is 24.8 Å². The lowest BCUT2D eigenvalue weighted by Gasteiger charge is -2.21. The second-order valence-corrected chi connectivity index (χ2v) is 6.95. The predicted molar refractivity (Wildman–Crippen MR) is 116 cm³/mol. The number of amides is 1. The van der Waals surface area contributed by atoms with Crippen LogP contribution in [0.1, 0.15) is 43.5 Å². The van der Waals surface area contributed by atoms with Crippen molar-refractivity contribution in [3.8, 4) is 5.75 Å². The number of nitrogens with zero attached hydrogens (tertiary/aromatic N) is 1. The van der Waals surface area contributed by atoms with Crippen molar-refractivity contribution in [3.05, 3.63) is 59.9 Å². The summed E-state index contributed by atoms with van der Waals surface area (Å²) < 4.78 is 5.83. The molecule has 1 aliphatic carbocycles. The summed E-state index contributed by atoms with van der Waals surface area (Å²) >= 11 is 0. The lowest BCUT2D eigenvalue weighted by atomic mass is 9.94. The molecule has 0 saturated heterocycles. The highest BCUT2D eigenvalue weighted by molar-refractivity contribution is 5.85. The van der Waals surface area contributed by atoms with Crippen LogP contribution in [-0.4, -0.2) is 17.4 Å². The van der Waals surface area contributed by atoms with Gasteiger partial charge in [-0.2, -0.15) is 0 Å². The van der Waals surface area contributed by atoms with E-state index in [1.54, 1.807) is 6.20 Å². The van der Waals surface area contributed by atoms with Crippen molar-refractivity contribution in [2.45, 2.75) is 38.8 Å². The molecule has 1 fully saturated rings. The van der Waals surface area contributed by atoms with E-state index < -0.39 is 0 Å². The topological polar surface area (TPSA) is 77.2 Å². The number of pyridine rings is 1. The van der Waals surface area contributed by atoms with Crippen LogP contribution in [0, 0.1) is 11.8 Å². The van der Waals surface area contributed by atoms with Crippen LogP contribution >= 0.6 is 24.8 Å². The number of nitrogens with two attached hydrogens (primary N) is 1. The van der Waals surface area contributed by atoms with E-state index in [1.807, 2.05) is 49.4 Å². The third kappa shape index (κ3) is 6.36. The minimum atomic E-state index is -0.0695. The zero-order chi connectivity index (χ0) is 18.4. The van der Waals surface area contributed by atoms with Gasteiger partial charge in [-0.05, 0) is 62.1 Å². The first kappa shape index (κ1) is 24.2.